The summed E-state index contributed by atoms with van der Waals surface area (Å²) in [5.41, 5.74) is 3.52. The normalized spacial score (nSPS) is 24.8. The molecule has 3 heterocycles. The maximum Gasteiger partial charge on any atom is 0.273 e. The molecule has 10 nitrogen and oxygen atoms in total. The largest absolute Gasteiger partial charge is 0.348 e. The van der Waals surface area contributed by atoms with Crippen LogP contribution in [0.4, 0.5) is 5.95 Å². The van der Waals surface area contributed by atoms with Crippen LogP contribution in [0, 0.1) is 30.1 Å². The molecule has 0 spiro atoms. The number of imidazole rings is 1. The van der Waals surface area contributed by atoms with Crippen molar-refractivity contribution in [1.82, 2.24) is 29.9 Å². The van der Waals surface area contributed by atoms with Crippen LogP contribution in [-0.2, 0) is 11.8 Å². The van der Waals surface area contributed by atoms with Crippen LogP contribution in [0.2, 0.25) is 5.02 Å². The summed E-state index contributed by atoms with van der Waals surface area (Å²) >= 11 is 6.12. The zero-order chi connectivity index (χ0) is 26.0. The molecular weight excluding hydrogens is 492 g/mol. The first-order valence-corrected chi connectivity index (χ1v) is 12.9. The van der Waals surface area contributed by atoms with Gasteiger partial charge in [-0.2, -0.15) is 5.26 Å². The van der Waals surface area contributed by atoms with Gasteiger partial charge in [-0.05, 0) is 68.7 Å². The molecule has 3 fully saturated rings. The van der Waals surface area contributed by atoms with Crippen molar-refractivity contribution >= 4 is 29.4 Å². The molecule has 0 bridgehead atoms. The fraction of sp³-hybridized carbons (Fsp3) is 0.462. The van der Waals surface area contributed by atoms with E-state index >= 15 is 0 Å². The van der Waals surface area contributed by atoms with Crippen LogP contribution in [0.5, 0.6) is 0 Å². The Bertz CT molecular complexity index is 1460. The molecule has 2 saturated carbocycles. The van der Waals surface area contributed by atoms with Gasteiger partial charge in [-0.3, -0.25) is 14.5 Å². The Morgan fingerprint density at radius 3 is 2.78 bits per heavy atom. The number of fused-ring (bicyclic) bond motifs is 1. The van der Waals surface area contributed by atoms with Gasteiger partial charge in [0, 0.05) is 36.3 Å². The number of piperidine rings is 1. The van der Waals surface area contributed by atoms with Crippen LogP contribution < -0.4 is 10.2 Å². The molecule has 6 rings (SSSR count). The van der Waals surface area contributed by atoms with Gasteiger partial charge in [0.2, 0.25) is 11.9 Å². The van der Waals surface area contributed by atoms with Crippen LogP contribution in [0.1, 0.15) is 71.1 Å². The molecule has 3 aromatic rings. The summed E-state index contributed by atoms with van der Waals surface area (Å²) in [7, 11) is 1.92. The molecule has 1 N–H and O–H groups in total. The van der Waals surface area contributed by atoms with Crippen LogP contribution in [0.15, 0.2) is 24.4 Å². The zero-order valence-electron chi connectivity index (χ0n) is 20.8. The third kappa shape index (κ3) is 3.98. The van der Waals surface area contributed by atoms with Crippen molar-refractivity contribution in [2.45, 2.75) is 51.1 Å². The van der Waals surface area contributed by atoms with Crippen molar-refractivity contribution < 1.29 is 9.59 Å². The predicted octanol–water partition coefficient (Wildman–Crippen LogP) is 3.11. The van der Waals surface area contributed by atoms with Crippen LogP contribution in [0.3, 0.4) is 0 Å². The molecule has 1 aliphatic heterocycles. The van der Waals surface area contributed by atoms with Crippen molar-refractivity contribution in [1.29, 1.82) is 5.26 Å². The van der Waals surface area contributed by atoms with E-state index in [2.05, 4.69) is 21.7 Å². The van der Waals surface area contributed by atoms with E-state index in [1.54, 1.807) is 27.9 Å². The number of nitrogens with zero attached hydrogens (tertiary/aromatic N) is 7. The third-order valence-electron chi connectivity index (χ3n) is 8.14. The van der Waals surface area contributed by atoms with Gasteiger partial charge in [0.1, 0.15) is 0 Å². The van der Waals surface area contributed by atoms with Gasteiger partial charge in [-0.15, -0.1) is 5.10 Å². The highest BCUT2D eigenvalue weighted by Crippen LogP contribution is 2.47. The lowest BCUT2D eigenvalue weighted by atomic mass is 9.74. The zero-order valence-corrected chi connectivity index (χ0v) is 21.6. The Morgan fingerprint density at radius 2 is 2.08 bits per heavy atom. The van der Waals surface area contributed by atoms with Gasteiger partial charge in [-0.25, -0.2) is 9.67 Å². The molecule has 190 valence electrons. The van der Waals surface area contributed by atoms with Crippen molar-refractivity contribution in [2.24, 2.45) is 18.9 Å². The van der Waals surface area contributed by atoms with E-state index in [1.807, 2.05) is 31.5 Å². The summed E-state index contributed by atoms with van der Waals surface area (Å²) in [5.74, 6) is 1.35. The number of nitrogens with one attached hydrogen (secondary N) is 1. The van der Waals surface area contributed by atoms with Gasteiger partial charge in [-0.1, -0.05) is 16.8 Å². The number of rotatable bonds is 6. The van der Waals surface area contributed by atoms with Crippen molar-refractivity contribution in [3.8, 4) is 6.07 Å². The molecule has 1 aromatic carbocycles. The monoisotopic (exact) mass is 518 g/mol. The Morgan fingerprint density at radius 1 is 1.30 bits per heavy atom. The van der Waals surface area contributed by atoms with E-state index in [-0.39, 0.29) is 41.4 Å². The summed E-state index contributed by atoms with van der Waals surface area (Å²) in [4.78, 5) is 32.0. The van der Waals surface area contributed by atoms with Crippen LogP contribution in [0.25, 0.3) is 0 Å². The second kappa shape index (κ2) is 8.70. The van der Waals surface area contributed by atoms with Crippen molar-refractivity contribution in [2.75, 3.05) is 11.4 Å². The molecule has 0 unspecified atom stereocenters. The number of nitriles is 1. The Kier molecular flexibility index (Phi) is 5.57. The van der Waals surface area contributed by atoms with E-state index in [9.17, 15) is 14.9 Å². The average Bonchev–Trinajstić information content (AvgIpc) is 3.17. The number of hydrogen-bond donors (Lipinski definition) is 1. The summed E-state index contributed by atoms with van der Waals surface area (Å²) in [6.45, 7) is 4.65. The fourth-order valence-electron chi connectivity index (χ4n) is 5.60. The second-order valence-corrected chi connectivity index (χ2v) is 10.9. The molecule has 1 saturated heterocycles. The summed E-state index contributed by atoms with van der Waals surface area (Å²) in [6, 6.07) is 7.24. The summed E-state index contributed by atoms with van der Waals surface area (Å²) < 4.78 is 3.58. The van der Waals surface area contributed by atoms with Crippen LogP contribution in [-0.4, -0.2) is 48.9 Å². The van der Waals surface area contributed by atoms with Crippen LogP contribution >= 0.6 is 11.6 Å². The van der Waals surface area contributed by atoms with Crippen molar-refractivity contribution in [3.63, 3.8) is 0 Å². The number of aromatic nitrogens is 5. The Balaban J connectivity index is 1.11. The molecule has 0 radical (unpaired) electrons. The Hall–Kier alpha value is -3.71. The minimum absolute atomic E-state index is 0.00426. The molecular formula is C26H27ClN8O2. The molecule has 3 atom stereocenters. The third-order valence-corrected chi connectivity index (χ3v) is 8.38. The second-order valence-electron chi connectivity index (χ2n) is 10.4. The molecule has 2 amide bonds. The van der Waals surface area contributed by atoms with Crippen molar-refractivity contribution in [3.05, 3.63) is 57.6 Å². The number of benzene rings is 1. The minimum atomic E-state index is -0.283. The van der Waals surface area contributed by atoms with E-state index in [0.717, 1.165) is 42.8 Å². The molecule has 2 aliphatic carbocycles. The lowest BCUT2D eigenvalue weighted by Gasteiger charge is -2.36. The summed E-state index contributed by atoms with van der Waals surface area (Å²) in [5, 5.41) is 21.3. The quantitative estimate of drug-likeness (QED) is 0.535. The summed E-state index contributed by atoms with van der Waals surface area (Å²) in [6.07, 6.45) is 4.09. The van der Waals surface area contributed by atoms with E-state index < -0.39 is 0 Å². The first-order chi connectivity index (χ1) is 17.7. The lowest BCUT2D eigenvalue weighted by Crippen LogP contribution is -2.43. The van der Waals surface area contributed by atoms with Gasteiger partial charge in [0.15, 0.2) is 5.69 Å². The molecule has 37 heavy (non-hydrogen) atoms. The van der Waals surface area contributed by atoms with E-state index in [4.69, 9.17) is 16.6 Å². The maximum absolute atomic E-state index is 12.8. The van der Waals surface area contributed by atoms with Gasteiger partial charge >= 0.3 is 0 Å². The maximum atomic E-state index is 12.8. The standard InChI is InChI=1S/C26H27ClN8O2/c1-13-23(30-26(33(13)3)34-11-17-8-21(17)25(34)37)14(2)35-12-22(31-32-35)24(36)29-19-6-16(7-19)20-9-18(27)5-4-15(20)10-28/h4-5,9,12,14,16-17,19,21H,6-8,11H2,1-3H3,(H,29,36)/t14-,16-,17+,19+,21+/m0/s1. The highest BCUT2D eigenvalue weighted by Gasteiger charge is 2.53. The topological polar surface area (TPSA) is 122 Å². The van der Waals surface area contributed by atoms with Gasteiger partial charge in [0.25, 0.3) is 5.91 Å². The highest BCUT2D eigenvalue weighted by atomic mass is 35.5. The highest BCUT2D eigenvalue weighted by molar-refractivity contribution is 6.30. The first-order valence-electron chi connectivity index (χ1n) is 12.5. The average molecular weight is 519 g/mol. The molecule has 3 aliphatic rings. The Labute approximate surface area is 219 Å². The minimum Gasteiger partial charge on any atom is -0.348 e. The molecule has 11 heteroatoms. The SMILES string of the molecule is Cc1c([C@H](C)n2cc(C(=O)N[C@H]3C[C@@H](c4cc(Cl)ccc4C#N)C3)nn2)nc(N2C[C@H]3C[C@H]3C2=O)n1C. The number of carbonyl (C=O) groups is 2. The number of hydrogen-bond acceptors (Lipinski definition) is 6. The number of halogens is 1. The number of carbonyl (C=O) groups excluding carboxylic acids is 2. The first kappa shape index (κ1) is 23.7. The number of amides is 2. The fourth-order valence-corrected chi connectivity index (χ4v) is 5.78. The smallest absolute Gasteiger partial charge is 0.273 e. The molecule has 2 aromatic heterocycles. The predicted molar refractivity (Wildman–Crippen MR) is 135 cm³/mol. The lowest BCUT2D eigenvalue weighted by molar-refractivity contribution is -0.118. The van der Waals surface area contributed by atoms with E-state index in [1.165, 1.54) is 0 Å². The van der Waals surface area contributed by atoms with Gasteiger partial charge in [0.05, 0.1) is 29.6 Å². The van der Waals surface area contributed by atoms with Gasteiger partial charge < -0.3 is 9.88 Å². The number of anilines is 1. The van der Waals surface area contributed by atoms with E-state index in [0.29, 0.717) is 22.5 Å².